The van der Waals surface area contributed by atoms with Crippen molar-refractivity contribution in [3.8, 4) is 11.5 Å². The highest BCUT2D eigenvalue weighted by Crippen LogP contribution is 2.33. The van der Waals surface area contributed by atoms with Crippen molar-refractivity contribution in [1.82, 2.24) is 10.3 Å². The van der Waals surface area contributed by atoms with E-state index in [1.54, 1.807) is 43.3 Å². The van der Waals surface area contributed by atoms with Crippen molar-refractivity contribution in [2.24, 2.45) is 0 Å². The van der Waals surface area contributed by atoms with Crippen molar-refractivity contribution in [2.75, 3.05) is 13.7 Å². The number of aromatic nitrogens is 1. The summed E-state index contributed by atoms with van der Waals surface area (Å²) in [5.41, 5.74) is 2.96. The molecule has 204 valence electrons. The van der Waals surface area contributed by atoms with Crippen molar-refractivity contribution in [2.45, 2.75) is 35.5 Å². The van der Waals surface area contributed by atoms with Crippen molar-refractivity contribution in [1.29, 1.82) is 0 Å². The van der Waals surface area contributed by atoms with Gasteiger partial charge in [-0.2, -0.15) is 0 Å². The van der Waals surface area contributed by atoms with Crippen LogP contribution in [0.4, 0.5) is 0 Å². The molecule has 0 amide bonds. The van der Waals surface area contributed by atoms with Gasteiger partial charge < -0.3 is 19.6 Å². The number of hydrogen-bond acceptors (Lipinski definition) is 6. The second-order valence-corrected chi connectivity index (χ2v) is 11.1. The van der Waals surface area contributed by atoms with Gasteiger partial charge in [-0.3, -0.25) is 5.32 Å². The fraction of sp³-hybridized carbons (Fsp3) is 0.200. The summed E-state index contributed by atoms with van der Waals surface area (Å²) in [6.07, 6.45) is -0.747. The molecule has 0 aliphatic carbocycles. The van der Waals surface area contributed by atoms with E-state index in [0.717, 1.165) is 27.4 Å². The van der Waals surface area contributed by atoms with Crippen molar-refractivity contribution >= 4 is 44.1 Å². The maximum Gasteiger partial charge on any atom is 0.206 e. The summed E-state index contributed by atoms with van der Waals surface area (Å²) in [4.78, 5) is 3.86. The number of fused-ring (bicyclic) bond motifs is 3. The van der Waals surface area contributed by atoms with Crippen LogP contribution in [0.5, 0.6) is 11.5 Å². The SMILES string of the molecule is COc1ccc(S(=O)(=O)c2ccc(CCNC(Oc3cccc4[nH]c5ccccc5c34)C(C)O)cc2)cc1.Cl. The highest BCUT2D eigenvalue weighted by Gasteiger charge is 2.20. The molecule has 0 saturated carbocycles. The second-order valence-electron chi connectivity index (χ2n) is 9.16. The van der Waals surface area contributed by atoms with E-state index >= 15 is 0 Å². The molecular formula is C30H31ClN2O5S. The number of aliphatic hydroxyl groups is 1. The lowest BCUT2D eigenvalue weighted by Gasteiger charge is -2.23. The highest BCUT2D eigenvalue weighted by atomic mass is 35.5. The van der Waals surface area contributed by atoms with Gasteiger partial charge in [0.15, 0.2) is 6.23 Å². The first kappa shape index (κ1) is 28.4. The number of nitrogens with one attached hydrogen (secondary N) is 2. The van der Waals surface area contributed by atoms with Crippen LogP contribution in [-0.2, 0) is 16.3 Å². The van der Waals surface area contributed by atoms with E-state index < -0.39 is 22.2 Å². The molecule has 7 nitrogen and oxygen atoms in total. The van der Waals surface area contributed by atoms with E-state index in [0.29, 0.717) is 24.5 Å². The maximum atomic E-state index is 13.0. The van der Waals surface area contributed by atoms with Crippen molar-refractivity contribution in [3.63, 3.8) is 0 Å². The molecule has 5 rings (SSSR count). The molecular weight excluding hydrogens is 536 g/mol. The summed E-state index contributed by atoms with van der Waals surface area (Å²) in [6.45, 7) is 2.22. The van der Waals surface area contributed by atoms with Crippen LogP contribution in [0.25, 0.3) is 21.8 Å². The number of sulfone groups is 1. The van der Waals surface area contributed by atoms with Gasteiger partial charge in [-0.25, -0.2) is 8.42 Å². The lowest BCUT2D eigenvalue weighted by atomic mass is 10.1. The fourth-order valence-corrected chi connectivity index (χ4v) is 5.76. The van der Waals surface area contributed by atoms with Crippen LogP contribution in [0.1, 0.15) is 12.5 Å². The number of H-pyrrole nitrogens is 1. The zero-order valence-corrected chi connectivity index (χ0v) is 23.3. The smallest absolute Gasteiger partial charge is 0.206 e. The molecule has 0 fully saturated rings. The van der Waals surface area contributed by atoms with Crippen LogP contribution in [0.2, 0.25) is 0 Å². The van der Waals surface area contributed by atoms with Gasteiger partial charge in [-0.15, -0.1) is 12.4 Å². The first-order chi connectivity index (χ1) is 18.4. The topological polar surface area (TPSA) is 101 Å². The minimum absolute atomic E-state index is 0. The number of benzene rings is 4. The van der Waals surface area contributed by atoms with Gasteiger partial charge in [0.05, 0.1) is 22.4 Å². The Bertz CT molecular complexity index is 1650. The van der Waals surface area contributed by atoms with Gasteiger partial charge in [-0.05, 0) is 73.5 Å². The zero-order chi connectivity index (χ0) is 26.7. The Morgan fingerprint density at radius 1 is 0.872 bits per heavy atom. The standard InChI is InChI=1S/C30H30N2O5S.ClH/c1-20(33)30(37-28-9-5-8-27-29(28)25-6-3-4-7-26(25)32-27)31-19-18-21-10-14-23(15-11-21)38(34,35)24-16-12-22(36-2)13-17-24;/h3-17,20,30-33H,18-19H2,1-2H3;1H. The second kappa shape index (κ2) is 12.1. The number of methoxy groups -OCH3 is 1. The van der Waals surface area contributed by atoms with Gasteiger partial charge in [0.2, 0.25) is 9.84 Å². The molecule has 3 N–H and O–H groups in total. The van der Waals surface area contributed by atoms with Crippen molar-refractivity contribution in [3.05, 3.63) is 96.6 Å². The molecule has 2 unspecified atom stereocenters. The molecule has 2 atom stereocenters. The Morgan fingerprint density at radius 3 is 2.18 bits per heavy atom. The van der Waals surface area contributed by atoms with E-state index in [4.69, 9.17) is 9.47 Å². The fourth-order valence-electron chi connectivity index (χ4n) is 4.50. The molecule has 0 aliphatic heterocycles. The summed E-state index contributed by atoms with van der Waals surface area (Å²) in [7, 11) is -2.08. The van der Waals surface area contributed by atoms with E-state index in [1.165, 1.54) is 7.11 Å². The summed E-state index contributed by atoms with van der Waals surface area (Å²) >= 11 is 0. The molecule has 39 heavy (non-hydrogen) atoms. The number of para-hydroxylation sites is 1. The highest BCUT2D eigenvalue weighted by molar-refractivity contribution is 7.91. The number of ether oxygens (including phenoxy) is 2. The number of rotatable bonds is 10. The van der Waals surface area contributed by atoms with Crippen LogP contribution >= 0.6 is 12.4 Å². The predicted octanol–water partition coefficient (Wildman–Crippen LogP) is 5.50. The molecule has 0 saturated heterocycles. The zero-order valence-electron chi connectivity index (χ0n) is 21.6. The van der Waals surface area contributed by atoms with Crippen molar-refractivity contribution < 1.29 is 23.0 Å². The number of hydrogen-bond donors (Lipinski definition) is 3. The average Bonchev–Trinajstić information content (AvgIpc) is 3.32. The lowest BCUT2D eigenvalue weighted by Crippen LogP contribution is -2.44. The Kier molecular flexibility index (Phi) is 8.82. The molecule has 1 aromatic heterocycles. The van der Waals surface area contributed by atoms with Crippen LogP contribution in [0.3, 0.4) is 0 Å². The Labute approximate surface area is 234 Å². The number of aliphatic hydroxyl groups excluding tert-OH is 1. The normalized spacial score (nSPS) is 13.1. The van der Waals surface area contributed by atoms with Gasteiger partial charge in [0, 0.05) is 22.8 Å². The third-order valence-corrected chi connectivity index (χ3v) is 8.33. The van der Waals surface area contributed by atoms with E-state index in [1.807, 2.05) is 54.6 Å². The third-order valence-electron chi connectivity index (χ3n) is 6.55. The monoisotopic (exact) mass is 566 g/mol. The molecule has 5 aromatic rings. The van der Waals surface area contributed by atoms with E-state index in [-0.39, 0.29) is 22.2 Å². The molecule has 1 heterocycles. The molecule has 0 radical (unpaired) electrons. The maximum absolute atomic E-state index is 13.0. The summed E-state index contributed by atoms with van der Waals surface area (Å²) in [5, 5.41) is 15.7. The average molecular weight is 567 g/mol. The van der Waals surface area contributed by atoms with E-state index in [2.05, 4.69) is 10.3 Å². The first-order valence-corrected chi connectivity index (χ1v) is 13.9. The molecule has 0 bridgehead atoms. The summed E-state index contributed by atoms with van der Waals surface area (Å²) in [6, 6.07) is 27.1. The summed E-state index contributed by atoms with van der Waals surface area (Å²) in [5.74, 6) is 1.29. The lowest BCUT2D eigenvalue weighted by molar-refractivity contribution is 0.0284. The van der Waals surface area contributed by atoms with Gasteiger partial charge in [0.1, 0.15) is 17.6 Å². The molecule has 4 aromatic carbocycles. The van der Waals surface area contributed by atoms with Gasteiger partial charge in [-0.1, -0.05) is 36.4 Å². The number of aromatic amines is 1. The van der Waals surface area contributed by atoms with Crippen LogP contribution in [0.15, 0.2) is 101 Å². The van der Waals surface area contributed by atoms with Crippen LogP contribution < -0.4 is 14.8 Å². The minimum atomic E-state index is -3.62. The van der Waals surface area contributed by atoms with Crippen LogP contribution in [-0.4, -0.2) is 44.5 Å². The van der Waals surface area contributed by atoms with Gasteiger partial charge >= 0.3 is 0 Å². The van der Waals surface area contributed by atoms with Crippen LogP contribution in [0, 0.1) is 0 Å². The Balaban J connectivity index is 0.00000353. The predicted molar refractivity (Wildman–Crippen MR) is 156 cm³/mol. The quantitative estimate of drug-likeness (QED) is 0.193. The number of halogens is 1. The third kappa shape index (κ3) is 6.04. The van der Waals surface area contributed by atoms with E-state index in [9.17, 15) is 13.5 Å². The Hall–Kier alpha value is -3.56. The molecule has 9 heteroatoms. The molecule has 0 spiro atoms. The van der Waals surface area contributed by atoms with Gasteiger partial charge in [0.25, 0.3) is 0 Å². The Morgan fingerprint density at radius 2 is 1.51 bits per heavy atom. The summed E-state index contributed by atoms with van der Waals surface area (Å²) < 4.78 is 37.3. The largest absolute Gasteiger partial charge is 0.497 e. The molecule has 0 aliphatic rings. The first-order valence-electron chi connectivity index (χ1n) is 12.4. The minimum Gasteiger partial charge on any atom is -0.497 e.